The lowest BCUT2D eigenvalue weighted by Gasteiger charge is -2.23. The Balaban J connectivity index is 1.57. The predicted molar refractivity (Wildman–Crippen MR) is 50.1 cm³/mol. The molecule has 0 aromatic carbocycles. The molecule has 2 fully saturated rings. The fourth-order valence-electron chi connectivity index (χ4n) is 1.33. The first-order valence-corrected chi connectivity index (χ1v) is 5.10. The second-order valence-electron chi connectivity index (χ2n) is 3.71. The smallest absolute Gasteiger partial charge is 0.407 e. The maximum absolute atomic E-state index is 11.1. The Hall–Kier alpha value is -0.810. The monoisotopic (exact) mass is 200 g/mol. The van der Waals surface area contributed by atoms with E-state index >= 15 is 0 Å². The fraction of sp³-hybridized carbons (Fsp3) is 0.889. The van der Waals surface area contributed by atoms with Gasteiger partial charge < -0.3 is 20.1 Å². The van der Waals surface area contributed by atoms with Crippen LogP contribution in [-0.4, -0.2) is 44.5 Å². The third-order valence-corrected chi connectivity index (χ3v) is 2.30. The van der Waals surface area contributed by atoms with Crippen molar-refractivity contribution in [2.45, 2.75) is 25.0 Å². The molecule has 0 radical (unpaired) electrons. The van der Waals surface area contributed by atoms with Gasteiger partial charge in [-0.2, -0.15) is 0 Å². The number of carbonyl (C=O) groups excluding carboxylic acids is 1. The highest BCUT2D eigenvalue weighted by Crippen LogP contribution is 2.18. The summed E-state index contributed by atoms with van der Waals surface area (Å²) in [4.78, 5) is 11.1. The number of rotatable bonds is 3. The molecule has 5 heteroatoms. The zero-order valence-electron chi connectivity index (χ0n) is 8.12. The molecule has 2 aliphatic rings. The van der Waals surface area contributed by atoms with Crippen LogP contribution in [0.15, 0.2) is 0 Å². The van der Waals surface area contributed by atoms with Gasteiger partial charge in [-0.3, -0.25) is 0 Å². The zero-order valence-corrected chi connectivity index (χ0v) is 8.12. The average Bonchev–Trinajstić information content (AvgIpc) is 3.00. The summed E-state index contributed by atoms with van der Waals surface area (Å²) in [6.45, 7) is 2.67. The third kappa shape index (κ3) is 3.16. The van der Waals surface area contributed by atoms with Gasteiger partial charge in [-0.1, -0.05) is 0 Å². The number of nitrogens with one attached hydrogen (secondary N) is 2. The third-order valence-electron chi connectivity index (χ3n) is 2.30. The molecule has 80 valence electrons. The van der Waals surface area contributed by atoms with E-state index in [1.54, 1.807) is 0 Å². The van der Waals surface area contributed by atoms with E-state index in [9.17, 15) is 4.79 Å². The van der Waals surface area contributed by atoms with E-state index in [-0.39, 0.29) is 12.2 Å². The minimum atomic E-state index is -0.318. The predicted octanol–water partition coefficient (Wildman–Crippen LogP) is -0.137. The molecule has 1 amide bonds. The number of alkyl carbamates (subject to hydrolysis) is 1. The van der Waals surface area contributed by atoms with Gasteiger partial charge in [0.2, 0.25) is 0 Å². The first-order chi connectivity index (χ1) is 6.84. The zero-order chi connectivity index (χ0) is 9.80. The van der Waals surface area contributed by atoms with Crippen LogP contribution in [0.4, 0.5) is 4.79 Å². The normalized spacial score (nSPS) is 27.0. The molecule has 0 aromatic heterocycles. The number of carbonyl (C=O) groups is 1. The molecule has 14 heavy (non-hydrogen) atoms. The highest BCUT2D eigenvalue weighted by molar-refractivity contribution is 5.67. The van der Waals surface area contributed by atoms with Crippen LogP contribution in [0.3, 0.4) is 0 Å². The number of hydrogen-bond donors (Lipinski definition) is 2. The molecule has 1 saturated carbocycles. The van der Waals surface area contributed by atoms with Crippen LogP contribution in [0.1, 0.15) is 12.8 Å². The Morgan fingerprint density at radius 3 is 3.07 bits per heavy atom. The summed E-state index contributed by atoms with van der Waals surface area (Å²) in [5.41, 5.74) is 0. The van der Waals surface area contributed by atoms with E-state index in [4.69, 9.17) is 9.47 Å². The highest BCUT2D eigenvalue weighted by Gasteiger charge is 2.24. The fourth-order valence-corrected chi connectivity index (χ4v) is 1.33. The van der Waals surface area contributed by atoms with Gasteiger partial charge in [-0.05, 0) is 12.8 Å². The van der Waals surface area contributed by atoms with Crippen molar-refractivity contribution < 1.29 is 14.3 Å². The summed E-state index contributed by atoms with van der Waals surface area (Å²) in [7, 11) is 0. The Kier molecular flexibility index (Phi) is 3.21. The van der Waals surface area contributed by atoms with Gasteiger partial charge in [-0.15, -0.1) is 0 Å². The van der Waals surface area contributed by atoms with E-state index in [2.05, 4.69) is 10.6 Å². The number of morpholine rings is 1. The number of ether oxygens (including phenoxy) is 2. The van der Waals surface area contributed by atoms with Gasteiger partial charge >= 0.3 is 6.09 Å². The number of amides is 1. The van der Waals surface area contributed by atoms with Crippen molar-refractivity contribution in [3.63, 3.8) is 0 Å². The summed E-state index contributed by atoms with van der Waals surface area (Å²) in [5.74, 6) is 0. The van der Waals surface area contributed by atoms with Crippen molar-refractivity contribution in [1.82, 2.24) is 10.6 Å². The molecule has 1 unspecified atom stereocenters. The molecule has 1 heterocycles. The van der Waals surface area contributed by atoms with Crippen LogP contribution in [0.2, 0.25) is 0 Å². The number of hydrogen-bond acceptors (Lipinski definition) is 4. The van der Waals surface area contributed by atoms with Crippen LogP contribution < -0.4 is 10.6 Å². The van der Waals surface area contributed by atoms with E-state index in [1.165, 1.54) is 0 Å². The molecule has 1 aliphatic heterocycles. The maximum atomic E-state index is 11.1. The van der Waals surface area contributed by atoms with E-state index < -0.39 is 0 Å². The minimum absolute atomic E-state index is 0.00806. The highest BCUT2D eigenvalue weighted by atomic mass is 16.6. The molecule has 2 rings (SSSR count). The summed E-state index contributed by atoms with van der Waals surface area (Å²) >= 11 is 0. The Morgan fingerprint density at radius 2 is 2.43 bits per heavy atom. The second-order valence-corrected chi connectivity index (χ2v) is 3.71. The molecule has 1 atom stereocenters. The lowest BCUT2D eigenvalue weighted by Crippen LogP contribution is -2.42. The van der Waals surface area contributed by atoms with Crippen LogP contribution in [-0.2, 0) is 9.47 Å². The summed E-state index contributed by atoms with van der Waals surface area (Å²) < 4.78 is 10.4. The van der Waals surface area contributed by atoms with Gasteiger partial charge in [0.1, 0.15) is 12.7 Å². The molecule has 0 spiro atoms. The van der Waals surface area contributed by atoms with Crippen molar-refractivity contribution in [1.29, 1.82) is 0 Å². The molecule has 2 N–H and O–H groups in total. The van der Waals surface area contributed by atoms with Crippen molar-refractivity contribution in [2.75, 3.05) is 26.3 Å². The van der Waals surface area contributed by atoms with Crippen molar-refractivity contribution in [2.24, 2.45) is 0 Å². The lowest BCUT2D eigenvalue weighted by molar-refractivity contribution is -0.0121. The van der Waals surface area contributed by atoms with Gasteiger partial charge in [0.05, 0.1) is 6.61 Å². The van der Waals surface area contributed by atoms with E-state index in [1.807, 2.05) is 0 Å². The Morgan fingerprint density at radius 1 is 1.57 bits per heavy atom. The molecular weight excluding hydrogens is 184 g/mol. The molecule has 1 saturated heterocycles. The van der Waals surface area contributed by atoms with Gasteiger partial charge in [0, 0.05) is 19.1 Å². The lowest BCUT2D eigenvalue weighted by atomic mass is 10.3. The standard InChI is InChI=1S/C9H16N2O3/c12-9(11-7-1-2-7)14-6-8-5-10-3-4-13-8/h7-8,10H,1-6H2,(H,11,12). The van der Waals surface area contributed by atoms with Crippen LogP contribution in [0, 0.1) is 0 Å². The molecule has 0 aromatic rings. The van der Waals surface area contributed by atoms with Gasteiger partial charge in [0.25, 0.3) is 0 Å². The molecular formula is C9H16N2O3. The summed E-state index contributed by atoms with van der Waals surface area (Å²) in [6.07, 6.45) is 1.85. The minimum Gasteiger partial charge on any atom is -0.447 e. The van der Waals surface area contributed by atoms with Crippen LogP contribution >= 0.6 is 0 Å². The average molecular weight is 200 g/mol. The molecule has 5 nitrogen and oxygen atoms in total. The summed E-state index contributed by atoms with van der Waals surface area (Å²) in [6, 6.07) is 0.355. The topological polar surface area (TPSA) is 59.6 Å². The van der Waals surface area contributed by atoms with Crippen molar-refractivity contribution in [3.8, 4) is 0 Å². The van der Waals surface area contributed by atoms with Crippen molar-refractivity contribution >= 4 is 6.09 Å². The summed E-state index contributed by atoms with van der Waals surface area (Å²) in [5, 5.41) is 5.93. The van der Waals surface area contributed by atoms with Crippen LogP contribution in [0.25, 0.3) is 0 Å². The van der Waals surface area contributed by atoms with Crippen LogP contribution in [0.5, 0.6) is 0 Å². The van der Waals surface area contributed by atoms with Gasteiger partial charge in [-0.25, -0.2) is 4.79 Å². The quantitative estimate of drug-likeness (QED) is 0.666. The SMILES string of the molecule is O=C(NC1CC1)OCC1CNCCO1. The van der Waals surface area contributed by atoms with Crippen molar-refractivity contribution in [3.05, 3.63) is 0 Å². The Labute approximate surface area is 83.1 Å². The maximum Gasteiger partial charge on any atom is 0.407 e. The second kappa shape index (κ2) is 4.61. The van der Waals surface area contributed by atoms with E-state index in [0.717, 1.165) is 25.9 Å². The molecule has 1 aliphatic carbocycles. The largest absolute Gasteiger partial charge is 0.447 e. The molecule has 0 bridgehead atoms. The first kappa shape index (κ1) is 9.73. The van der Waals surface area contributed by atoms with E-state index in [0.29, 0.717) is 19.3 Å². The first-order valence-electron chi connectivity index (χ1n) is 5.10. The van der Waals surface area contributed by atoms with Gasteiger partial charge in [0.15, 0.2) is 0 Å². The Bertz CT molecular complexity index is 200.